The Kier molecular flexibility index (Phi) is 4.04. The van der Waals surface area contributed by atoms with E-state index in [4.69, 9.17) is 0 Å². The number of piperazine rings is 1. The monoisotopic (exact) mass is 210 g/mol. The number of nitrogens with zero attached hydrogens (tertiary/aromatic N) is 1. The molecule has 2 heteroatoms. The fourth-order valence-electron chi connectivity index (χ4n) is 3.15. The van der Waals surface area contributed by atoms with Gasteiger partial charge in [0.1, 0.15) is 0 Å². The molecule has 0 bridgehead atoms. The molecular formula is C13H26N2. The highest BCUT2D eigenvalue weighted by Gasteiger charge is 2.30. The lowest BCUT2D eigenvalue weighted by Crippen LogP contribution is -2.58. The number of hydrogen-bond donors (Lipinski definition) is 1. The third kappa shape index (κ3) is 2.73. The molecule has 88 valence electrons. The van der Waals surface area contributed by atoms with Crippen LogP contribution in [0.3, 0.4) is 0 Å². The molecule has 1 saturated carbocycles. The molecule has 0 aromatic heterocycles. The summed E-state index contributed by atoms with van der Waals surface area (Å²) in [5.74, 6) is 0. The molecule has 0 spiro atoms. The molecule has 0 amide bonds. The van der Waals surface area contributed by atoms with Crippen LogP contribution in [-0.4, -0.2) is 36.1 Å². The molecule has 2 unspecified atom stereocenters. The lowest BCUT2D eigenvalue weighted by molar-refractivity contribution is 0.0692. The predicted octanol–water partition coefficient (Wildman–Crippen LogP) is 2.39. The maximum Gasteiger partial charge on any atom is 0.0196 e. The fourth-order valence-corrected chi connectivity index (χ4v) is 3.15. The van der Waals surface area contributed by atoms with Gasteiger partial charge in [-0.05, 0) is 26.2 Å². The van der Waals surface area contributed by atoms with Crippen molar-refractivity contribution in [3.8, 4) is 0 Å². The summed E-state index contributed by atoms with van der Waals surface area (Å²) in [5, 5.41) is 3.65. The summed E-state index contributed by atoms with van der Waals surface area (Å²) in [6.07, 6.45) is 8.54. The lowest BCUT2D eigenvalue weighted by Gasteiger charge is -2.44. The van der Waals surface area contributed by atoms with Gasteiger partial charge in [-0.25, -0.2) is 0 Å². The van der Waals surface area contributed by atoms with E-state index in [9.17, 15) is 0 Å². The first-order valence-corrected chi connectivity index (χ1v) is 6.80. The Morgan fingerprint density at radius 3 is 2.60 bits per heavy atom. The van der Waals surface area contributed by atoms with Gasteiger partial charge in [0.05, 0.1) is 0 Å². The molecule has 0 aromatic carbocycles. The van der Waals surface area contributed by atoms with Gasteiger partial charge in [0.2, 0.25) is 0 Å². The van der Waals surface area contributed by atoms with Gasteiger partial charge in [0, 0.05) is 31.2 Å². The van der Waals surface area contributed by atoms with E-state index >= 15 is 0 Å². The van der Waals surface area contributed by atoms with E-state index in [1.165, 1.54) is 51.6 Å². The Balaban J connectivity index is 1.92. The molecule has 1 aliphatic heterocycles. The molecule has 15 heavy (non-hydrogen) atoms. The molecule has 0 aromatic rings. The zero-order valence-corrected chi connectivity index (χ0v) is 10.3. The van der Waals surface area contributed by atoms with Crippen LogP contribution in [0.1, 0.15) is 52.4 Å². The van der Waals surface area contributed by atoms with Gasteiger partial charge < -0.3 is 5.32 Å². The van der Waals surface area contributed by atoms with Gasteiger partial charge in [-0.3, -0.25) is 4.90 Å². The lowest BCUT2D eigenvalue weighted by atomic mass is 9.92. The van der Waals surface area contributed by atoms with Crippen molar-refractivity contribution >= 4 is 0 Å². The summed E-state index contributed by atoms with van der Waals surface area (Å²) in [6.45, 7) is 7.15. The largest absolute Gasteiger partial charge is 0.311 e. The van der Waals surface area contributed by atoms with E-state index in [0.717, 1.165) is 18.1 Å². The Morgan fingerprint density at radius 2 is 1.93 bits per heavy atom. The molecule has 2 atom stereocenters. The van der Waals surface area contributed by atoms with Gasteiger partial charge in [-0.1, -0.05) is 26.2 Å². The van der Waals surface area contributed by atoms with Crippen LogP contribution in [0, 0.1) is 0 Å². The average Bonchev–Trinajstić information content (AvgIpc) is 2.31. The van der Waals surface area contributed by atoms with Crippen molar-refractivity contribution in [2.45, 2.75) is 70.5 Å². The number of nitrogens with one attached hydrogen (secondary N) is 1. The topological polar surface area (TPSA) is 15.3 Å². The van der Waals surface area contributed by atoms with Crippen LogP contribution in [0.4, 0.5) is 0 Å². The molecule has 1 N–H and O–H groups in total. The molecule has 0 radical (unpaired) electrons. The number of rotatable bonds is 2. The summed E-state index contributed by atoms with van der Waals surface area (Å²) in [5.41, 5.74) is 0. The Hall–Kier alpha value is -0.0800. The Labute approximate surface area is 94.4 Å². The second-order valence-corrected chi connectivity index (χ2v) is 5.35. The molecule has 2 nitrogen and oxygen atoms in total. The van der Waals surface area contributed by atoms with Gasteiger partial charge in [0.15, 0.2) is 0 Å². The van der Waals surface area contributed by atoms with Crippen molar-refractivity contribution in [2.75, 3.05) is 13.1 Å². The van der Waals surface area contributed by atoms with Crippen molar-refractivity contribution in [1.29, 1.82) is 0 Å². The van der Waals surface area contributed by atoms with Crippen LogP contribution in [0.15, 0.2) is 0 Å². The van der Waals surface area contributed by atoms with Crippen molar-refractivity contribution in [3.63, 3.8) is 0 Å². The second-order valence-electron chi connectivity index (χ2n) is 5.35. The van der Waals surface area contributed by atoms with Crippen LogP contribution in [-0.2, 0) is 0 Å². The minimum Gasteiger partial charge on any atom is -0.311 e. The molecule has 1 heterocycles. The molecule has 2 rings (SSSR count). The summed E-state index contributed by atoms with van der Waals surface area (Å²) >= 11 is 0. The first-order valence-electron chi connectivity index (χ1n) is 6.80. The Bertz CT molecular complexity index is 187. The fraction of sp³-hybridized carbons (Fsp3) is 1.00. The van der Waals surface area contributed by atoms with Crippen LogP contribution in [0.25, 0.3) is 0 Å². The van der Waals surface area contributed by atoms with Gasteiger partial charge in [-0.2, -0.15) is 0 Å². The van der Waals surface area contributed by atoms with E-state index in [0.29, 0.717) is 0 Å². The summed E-state index contributed by atoms with van der Waals surface area (Å²) in [6, 6.07) is 2.38. The van der Waals surface area contributed by atoms with Crippen LogP contribution >= 0.6 is 0 Å². The van der Waals surface area contributed by atoms with Gasteiger partial charge in [0.25, 0.3) is 0 Å². The third-order valence-corrected chi connectivity index (χ3v) is 4.24. The summed E-state index contributed by atoms with van der Waals surface area (Å²) < 4.78 is 0. The minimum atomic E-state index is 0.739. The average molecular weight is 210 g/mol. The van der Waals surface area contributed by atoms with Gasteiger partial charge in [-0.15, -0.1) is 0 Å². The van der Waals surface area contributed by atoms with Crippen LogP contribution < -0.4 is 5.32 Å². The normalized spacial score (nSPS) is 35.6. The SMILES string of the molecule is CCC1CN(C2CCCCC2)C(C)CN1. The van der Waals surface area contributed by atoms with Crippen LogP contribution in [0.2, 0.25) is 0 Å². The maximum absolute atomic E-state index is 3.65. The summed E-state index contributed by atoms with van der Waals surface area (Å²) in [7, 11) is 0. The highest BCUT2D eigenvalue weighted by molar-refractivity contribution is 4.88. The van der Waals surface area contributed by atoms with E-state index in [1.54, 1.807) is 0 Å². The first-order chi connectivity index (χ1) is 7.31. The van der Waals surface area contributed by atoms with E-state index in [2.05, 4.69) is 24.1 Å². The summed E-state index contributed by atoms with van der Waals surface area (Å²) in [4.78, 5) is 2.78. The maximum atomic E-state index is 3.65. The predicted molar refractivity (Wildman–Crippen MR) is 65.1 cm³/mol. The first kappa shape index (κ1) is 11.4. The Morgan fingerprint density at radius 1 is 1.20 bits per heavy atom. The highest BCUT2D eigenvalue weighted by Crippen LogP contribution is 2.25. The molecular weight excluding hydrogens is 184 g/mol. The molecule has 2 aliphatic rings. The molecule has 1 saturated heterocycles. The van der Waals surface area contributed by atoms with Crippen LogP contribution in [0.5, 0.6) is 0 Å². The zero-order valence-electron chi connectivity index (χ0n) is 10.3. The van der Waals surface area contributed by atoms with E-state index in [-0.39, 0.29) is 0 Å². The quantitative estimate of drug-likeness (QED) is 0.753. The molecule has 1 aliphatic carbocycles. The van der Waals surface area contributed by atoms with Crippen molar-refractivity contribution in [3.05, 3.63) is 0 Å². The standard InChI is InChI=1S/C13H26N2/c1-3-12-10-15(11(2)9-14-12)13-7-5-4-6-8-13/h11-14H,3-10H2,1-2H3. The second kappa shape index (κ2) is 5.31. The van der Waals surface area contributed by atoms with Crippen molar-refractivity contribution in [2.24, 2.45) is 0 Å². The van der Waals surface area contributed by atoms with Crippen molar-refractivity contribution < 1.29 is 0 Å². The molecule has 2 fully saturated rings. The van der Waals surface area contributed by atoms with Gasteiger partial charge >= 0.3 is 0 Å². The highest BCUT2D eigenvalue weighted by atomic mass is 15.2. The number of hydrogen-bond acceptors (Lipinski definition) is 2. The van der Waals surface area contributed by atoms with E-state index < -0.39 is 0 Å². The van der Waals surface area contributed by atoms with E-state index in [1.807, 2.05) is 0 Å². The minimum absolute atomic E-state index is 0.739. The zero-order chi connectivity index (χ0) is 10.7. The van der Waals surface area contributed by atoms with Crippen molar-refractivity contribution in [1.82, 2.24) is 10.2 Å². The third-order valence-electron chi connectivity index (χ3n) is 4.24. The smallest absolute Gasteiger partial charge is 0.0196 e.